The Balaban J connectivity index is 1.53. The number of amides is 2. The Kier molecular flexibility index (Phi) is 6.56. The van der Waals surface area contributed by atoms with Crippen LogP contribution < -0.4 is 10.1 Å². The smallest absolute Gasteiger partial charge is 0.273 e. The van der Waals surface area contributed by atoms with E-state index in [1.54, 1.807) is 16.7 Å². The Hall–Kier alpha value is -3.61. The van der Waals surface area contributed by atoms with Gasteiger partial charge in [-0.25, -0.2) is 0 Å². The number of methoxy groups -OCH3 is 1. The lowest BCUT2D eigenvalue weighted by Crippen LogP contribution is -2.65. The summed E-state index contributed by atoms with van der Waals surface area (Å²) in [5.41, 5.74) is 1.99. The van der Waals surface area contributed by atoms with Gasteiger partial charge in [-0.1, -0.05) is 49.6 Å². The van der Waals surface area contributed by atoms with Crippen molar-refractivity contribution < 1.29 is 14.3 Å². The molecule has 2 unspecified atom stereocenters. The minimum atomic E-state index is -1.08. The van der Waals surface area contributed by atoms with Crippen molar-refractivity contribution in [3.05, 3.63) is 71.9 Å². The summed E-state index contributed by atoms with van der Waals surface area (Å²) in [7, 11) is 1.63. The second-order valence-corrected chi connectivity index (χ2v) is 10.1. The maximum atomic E-state index is 14.1. The van der Waals surface area contributed by atoms with E-state index in [0.717, 1.165) is 42.6 Å². The molecule has 0 spiro atoms. The maximum absolute atomic E-state index is 14.1. The van der Waals surface area contributed by atoms with Crippen LogP contribution in [-0.2, 0) is 11.3 Å². The van der Waals surface area contributed by atoms with Crippen molar-refractivity contribution >= 4 is 11.8 Å². The zero-order valence-electron chi connectivity index (χ0n) is 21.2. The molecular weight excluding hydrogens is 452 g/mol. The van der Waals surface area contributed by atoms with Crippen LogP contribution in [0.1, 0.15) is 68.0 Å². The molecule has 0 radical (unpaired) electrons. The van der Waals surface area contributed by atoms with Crippen molar-refractivity contribution in [1.29, 1.82) is 0 Å². The number of carbonyl (C=O) groups excluding carboxylic acids is 2. The molecule has 1 N–H and O–H groups in total. The molecule has 2 amide bonds. The molecule has 2 atom stereocenters. The second-order valence-electron chi connectivity index (χ2n) is 10.1. The monoisotopic (exact) mass is 486 g/mol. The summed E-state index contributed by atoms with van der Waals surface area (Å²) >= 11 is 0. The van der Waals surface area contributed by atoms with E-state index in [-0.39, 0.29) is 23.9 Å². The third-order valence-corrected chi connectivity index (χ3v) is 7.69. The predicted octanol–water partition coefficient (Wildman–Crippen LogP) is 4.98. The number of nitrogens with zero attached hydrogens (tertiary/aromatic N) is 3. The molecular formula is C29H34N4O3. The van der Waals surface area contributed by atoms with Gasteiger partial charge in [-0.2, -0.15) is 5.10 Å². The van der Waals surface area contributed by atoms with Gasteiger partial charge in [-0.15, -0.1) is 0 Å². The lowest BCUT2D eigenvalue weighted by molar-refractivity contribution is -0.135. The molecule has 1 aromatic heterocycles. The van der Waals surface area contributed by atoms with E-state index in [2.05, 4.69) is 5.32 Å². The molecule has 1 aliphatic heterocycles. The van der Waals surface area contributed by atoms with E-state index >= 15 is 0 Å². The minimum absolute atomic E-state index is 0.113. The molecule has 3 aromatic rings. The number of rotatable bonds is 6. The maximum Gasteiger partial charge on any atom is 0.273 e. The normalized spacial score (nSPS) is 21.1. The first-order valence-corrected chi connectivity index (χ1v) is 12.8. The molecule has 7 nitrogen and oxygen atoms in total. The highest BCUT2D eigenvalue weighted by Gasteiger charge is 2.50. The Labute approximate surface area is 212 Å². The SMILES string of the molecule is COc1ccc(-c2cc3n(n2)CC(C)(C(=O)NC2CCCCC2)N(C(C)c2ccccc2)C3=O)cc1. The van der Waals surface area contributed by atoms with Crippen LogP contribution in [0.3, 0.4) is 0 Å². The lowest BCUT2D eigenvalue weighted by atomic mass is 9.89. The third kappa shape index (κ3) is 4.38. The molecule has 1 saturated carbocycles. The number of hydrogen-bond donors (Lipinski definition) is 1. The lowest BCUT2D eigenvalue weighted by Gasteiger charge is -2.47. The quantitative estimate of drug-likeness (QED) is 0.533. The van der Waals surface area contributed by atoms with Crippen LogP contribution in [0, 0.1) is 0 Å². The first-order chi connectivity index (χ1) is 17.4. The predicted molar refractivity (Wildman–Crippen MR) is 139 cm³/mol. The van der Waals surface area contributed by atoms with Crippen molar-refractivity contribution in [1.82, 2.24) is 20.0 Å². The van der Waals surface area contributed by atoms with Gasteiger partial charge in [0.25, 0.3) is 5.91 Å². The summed E-state index contributed by atoms with van der Waals surface area (Å²) in [5, 5.41) is 8.05. The third-order valence-electron chi connectivity index (χ3n) is 7.69. The van der Waals surface area contributed by atoms with Gasteiger partial charge in [0, 0.05) is 11.6 Å². The zero-order valence-corrected chi connectivity index (χ0v) is 21.2. The number of benzene rings is 2. The standard InChI is InChI=1S/C29H34N4O3/c1-20(21-10-6-4-7-11-21)33-27(34)26-18-25(22-14-16-24(36-3)17-15-22)31-32(26)19-29(33,2)28(35)30-23-12-8-5-9-13-23/h4,6-7,10-11,14-18,20,23H,5,8-9,12-13,19H2,1-3H3,(H,30,35). The molecule has 2 aromatic carbocycles. The van der Waals surface area contributed by atoms with Crippen molar-refractivity contribution in [2.75, 3.05) is 7.11 Å². The van der Waals surface area contributed by atoms with Crippen LogP contribution in [0.5, 0.6) is 5.75 Å². The van der Waals surface area contributed by atoms with Crippen LogP contribution in [0.2, 0.25) is 0 Å². The van der Waals surface area contributed by atoms with E-state index in [1.807, 2.05) is 74.5 Å². The summed E-state index contributed by atoms with van der Waals surface area (Å²) < 4.78 is 6.98. The number of carbonyl (C=O) groups is 2. The van der Waals surface area contributed by atoms with Gasteiger partial charge in [-0.05, 0) is 62.6 Å². The summed E-state index contributed by atoms with van der Waals surface area (Å²) in [5.74, 6) is 0.456. The van der Waals surface area contributed by atoms with E-state index < -0.39 is 5.54 Å². The molecule has 2 heterocycles. The fourth-order valence-corrected chi connectivity index (χ4v) is 5.58. The van der Waals surface area contributed by atoms with E-state index in [1.165, 1.54) is 6.42 Å². The first-order valence-electron chi connectivity index (χ1n) is 12.8. The van der Waals surface area contributed by atoms with Crippen LogP contribution in [0.25, 0.3) is 11.3 Å². The van der Waals surface area contributed by atoms with Gasteiger partial charge in [0.2, 0.25) is 5.91 Å². The van der Waals surface area contributed by atoms with Crippen LogP contribution in [-0.4, -0.2) is 45.2 Å². The summed E-state index contributed by atoms with van der Waals surface area (Å²) in [6.07, 6.45) is 5.43. The van der Waals surface area contributed by atoms with Gasteiger partial charge >= 0.3 is 0 Å². The molecule has 1 aliphatic carbocycles. The second kappa shape index (κ2) is 9.80. The Morgan fingerprint density at radius 3 is 2.44 bits per heavy atom. The Morgan fingerprint density at radius 1 is 1.08 bits per heavy atom. The van der Waals surface area contributed by atoms with Crippen LogP contribution in [0.15, 0.2) is 60.7 Å². The fraction of sp³-hybridized carbons (Fsp3) is 0.414. The number of ether oxygens (including phenoxy) is 1. The fourth-order valence-electron chi connectivity index (χ4n) is 5.58. The van der Waals surface area contributed by atoms with Crippen molar-refractivity contribution in [2.45, 2.75) is 70.1 Å². The Bertz CT molecular complexity index is 1230. The molecule has 2 aliphatic rings. The summed E-state index contributed by atoms with van der Waals surface area (Å²) in [6, 6.07) is 19.2. The molecule has 188 valence electrons. The number of fused-ring (bicyclic) bond motifs is 1. The average molecular weight is 487 g/mol. The average Bonchev–Trinajstić information content (AvgIpc) is 3.33. The zero-order chi connectivity index (χ0) is 25.3. The first kappa shape index (κ1) is 24.1. The highest BCUT2D eigenvalue weighted by Crippen LogP contribution is 2.37. The Morgan fingerprint density at radius 2 is 1.78 bits per heavy atom. The number of hydrogen-bond acceptors (Lipinski definition) is 4. The van der Waals surface area contributed by atoms with Crippen LogP contribution >= 0.6 is 0 Å². The highest BCUT2D eigenvalue weighted by molar-refractivity contribution is 6.00. The van der Waals surface area contributed by atoms with Gasteiger partial charge in [0.1, 0.15) is 17.0 Å². The minimum Gasteiger partial charge on any atom is -0.497 e. The number of aromatic nitrogens is 2. The molecule has 1 fully saturated rings. The van der Waals surface area contributed by atoms with Gasteiger partial charge in [-0.3, -0.25) is 14.3 Å². The molecule has 0 saturated heterocycles. The van der Waals surface area contributed by atoms with Crippen molar-refractivity contribution in [3.63, 3.8) is 0 Å². The molecule has 0 bridgehead atoms. The largest absolute Gasteiger partial charge is 0.497 e. The van der Waals surface area contributed by atoms with Gasteiger partial charge < -0.3 is 15.0 Å². The van der Waals surface area contributed by atoms with Crippen molar-refractivity contribution in [3.8, 4) is 17.0 Å². The van der Waals surface area contributed by atoms with Gasteiger partial charge in [0.05, 0.1) is 25.4 Å². The summed E-state index contributed by atoms with van der Waals surface area (Å²) in [4.78, 5) is 29.7. The molecule has 7 heteroatoms. The van der Waals surface area contributed by atoms with Crippen molar-refractivity contribution in [2.24, 2.45) is 0 Å². The van der Waals surface area contributed by atoms with E-state index in [0.29, 0.717) is 17.9 Å². The van der Waals surface area contributed by atoms with E-state index in [9.17, 15) is 9.59 Å². The topological polar surface area (TPSA) is 76.5 Å². The van der Waals surface area contributed by atoms with Gasteiger partial charge in [0.15, 0.2) is 0 Å². The number of nitrogens with one attached hydrogen (secondary N) is 1. The van der Waals surface area contributed by atoms with E-state index in [4.69, 9.17) is 9.84 Å². The highest BCUT2D eigenvalue weighted by atomic mass is 16.5. The molecule has 5 rings (SSSR count). The molecule has 36 heavy (non-hydrogen) atoms. The summed E-state index contributed by atoms with van der Waals surface area (Å²) in [6.45, 7) is 4.16. The van der Waals surface area contributed by atoms with Crippen LogP contribution in [0.4, 0.5) is 0 Å².